The van der Waals surface area contributed by atoms with E-state index < -0.39 is 28.5 Å². The van der Waals surface area contributed by atoms with Crippen molar-refractivity contribution in [3.63, 3.8) is 0 Å². The molecule has 1 fully saturated rings. The number of benzene rings is 4. The quantitative estimate of drug-likeness (QED) is 0.184. The van der Waals surface area contributed by atoms with Crippen LogP contribution >= 0.6 is 11.6 Å². The molecular weight excluding hydrogens is 662 g/mol. The molecule has 0 aromatic heterocycles. The number of fused-ring (bicyclic) bond motifs is 1. The van der Waals surface area contributed by atoms with E-state index in [1.807, 2.05) is 36.4 Å². The Morgan fingerprint density at radius 3 is 2.18 bits per heavy atom. The van der Waals surface area contributed by atoms with Crippen LogP contribution in [0.3, 0.4) is 0 Å². The normalized spacial score (nSPS) is 15.2. The van der Waals surface area contributed by atoms with E-state index >= 15 is 0 Å². The third kappa shape index (κ3) is 8.55. The maximum atomic E-state index is 14.8. The van der Waals surface area contributed by atoms with Crippen LogP contribution in [0.25, 0.3) is 0 Å². The predicted molar refractivity (Wildman–Crippen MR) is 189 cm³/mol. The lowest BCUT2D eigenvalue weighted by Gasteiger charge is -2.35. The minimum absolute atomic E-state index is 0.00955. The molecule has 0 radical (unpaired) electrons. The van der Waals surface area contributed by atoms with Gasteiger partial charge in [-0.05, 0) is 60.4 Å². The molecule has 0 saturated heterocycles. The Kier molecular flexibility index (Phi) is 11.1. The second-order valence-electron chi connectivity index (χ2n) is 12.4. The molecule has 256 valence electrons. The molecule has 0 unspecified atom stereocenters. The zero-order valence-electron chi connectivity index (χ0n) is 27.2. The van der Waals surface area contributed by atoms with Gasteiger partial charge >= 0.3 is 0 Å². The van der Waals surface area contributed by atoms with Crippen molar-refractivity contribution in [2.24, 2.45) is 0 Å². The fourth-order valence-electron chi connectivity index (χ4n) is 6.37. The minimum atomic E-state index is -4.25. The van der Waals surface area contributed by atoms with Crippen molar-refractivity contribution in [2.45, 2.75) is 62.0 Å². The maximum absolute atomic E-state index is 14.8. The molecule has 4 aromatic rings. The summed E-state index contributed by atoms with van der Waals surface area (Å²) in [4.78, 5) is 30.5. The van der Waals surface area contributed by atoms with Gasteiger partial charge in [-0.3, -0.25) is 13.9 Å². The number of nitrogens with zero attached hydrogens (tertiary/aromatic N) is 2. The number of carbonyl (C=O) groups excluding carboxylic acids is 2. The van der Waals surface area contributed by atoms with Gasteiger partial charge in [0.05, 0.1) is 10.6 Å². The van der Waals surface area contributed by atoms with Gasteiger partial charge in [-0.15, -0.1) is 0 Å². The molecule has 6 rings (SSSR count). The molecule has 49 heavy (non-hydrogen) atoms. The number of ether oxygens (including phenoxy) is 2. The highest BCUT2D eigenvalue weighted by Crippen LogP contribution is 2.36. The molecule has 0 bridgehead atoms. The Hall–Kier alpha value is -4.54. The lowest BCUT2D eigenvalue weighted by atomic mass is 9.94. The summed E-state index contributed by atoms with van der Waals surface area (Å²) in [5.41, 5.74) is 1.81. The third-order valence-corrected chi connectivity index (χ3v) is 10.9. The van der Waals surface area contributed by atoms with E-state index in [4.69, 9.17) is 21.1 Å². The third-order valence-electron chi connectivity index (χ3n) is 8.89. The number of hydrogen-bond acceptors (Lipinski definition) is 6. The zero-order valence-corrected chi connectivity index (χ0v) is 28.7. The van der Waals surface area contributed by atoms with E-state index in [1.54, 1.807) is 54.6 Å². The van der Waals surface area contributed by atoms with Crippen LogP contribution in [-0.4, -0.2) is 57.0 Å². The standard InChI is InChI=1S/C38H40ClN3O6S/c39-30-14-10-13-29(23-30)26-41(34(24-28-11-4-1-5-12-28)38(44)40-31-15-6-2-7-16-31)37(43)27-42(49(45,46)33-17-8-3-9-18-33)32-19-20-35-36(25-32)48-22-21-47-35/h1,3-5,8-14,17-20,23,25,31,34H,2,6-7,15-16,21-22,24,26-27H2,(H,40,44)/t34-/m1/s1. The van der Waals surface area contributed by atoms with Crippen LogP contribution < -0.4 is 19.1 Å². The number of nitrogens with one attached hydrogen (secondary N) is 1. The molecule has 1 heterocycles. The van der Waals surface area contributed by atoms with Gasteiger partial charge in [-0.25, -0.2) is 8.42 Å². The van der Waals surface area contributed by atoms with Gasteiger partial charge in [-0.1, -0.05) is 91.5 Å². The molecule has 11 heteroatoms. The molecule has 0 spiro atoms. The lowest BCUT2D eigenvalue weighted by molar-refractivity contribution is -0.140. The summed E-state index contributed by atoms with van der Waals surface area (Å²) in [5.74, 6) is 0.0503. The van der Waals surface area contributed by atoms with Crippen molar-refractivity contribution in [1.82, 2.24) is 10.2 Å². The highest BCUT2D eigenvalue weighted by Gasteiger charge is 2.36. The van der Waals surface area contributed by atoms with Gasteiger partial charge < -0.3 is 19.7 Å². The highest BCUT2D eigenvalue weighted by atomic mass is 35.5. The first kappa shape index (κ1) is 34.3. The van der Waals surface area contributed by atoms with Gasteiger partial charge in [0.25, 0.3) is 10.0 Å². The zero-order chi connectivity index (χ0) is 34.2. The topological polar surface area (TPSA) is 105 Å². The SMILES string of the molecule is O=C(NC1CCCCC1)[C@@H](Cc1ccccc1)N(Cc1cccc(Cl)c1)C(=O)CN(c1ccc2c(c1)OCCO2)S(=O)(=O)c1ccccc1. The van der Waals surface area contributed by atoms with Crippen molar-refractivity contribution < 1.29 is 27.5 Å². The first-order valence-electron chi connectivity index (χ1n) is 16.6. The summed E-state index contributed by atoms with van der Waals surface area (Å²) in [6.45, 7) is 0.154. The number of anilines is 1. The fraction of sp³-hybridized carbons (Fsp3) is 0.316. The molecule has 9 nitrogen and oxygen atoms in total. The molecular formula is C38H40ClN3O6S. The number of carbonyl (C=O) groups is 2. The lowest BCUT2D eigenvalue weighted by Crippen LogP contribution is -2.55. The van der Waals surface area contributed by atoms with E-state index in [-0.39, 0.29) is 35.5 Å². The Morgan fingerprint density at radius 1 is 0.796 bits per heavy atom. The van der Waals surface area contributed by atoms with E-state index in [0.29, 0.717) is 35.3 Å². The predicted octanol–water partition coefficient (Wildman–Crippen LogP) is 6.40. The molecule has 1 aliphatic carbocycles. The van der Waals surface area contributed by atoms with Gasteiger partial charge in [0, 0.05) is 30.1 Å². The van der Waals surface area contributed by atoms with E-state index in [9.17, 15) is 18.0 Å². The van der Waals surface area contributed by atoms with Crippen LogP contribution in [0.1, 0.15) is 43.2 Å². The largest absolute Gasteiger partial charge is 0.486 e. The van der Waals surface area contributed by atoms with Crippen LogP contribution in [0.15, 0.2) is 108 Å². The number of halogens is 1. The van der Waals surface area contributed by atoms with Gasteiger partial charge in [0.2, 0.25) is 11.8 Å². The molecule has 1 N–H and O–H groups in total. The first-order valence-corrected chi connectivity index (χ1v) is 18.5. The monoisotopic (exact) mass is 701 g/mol. The van der Waals surface area contributed by atoms with Gasteiger partial charge in [-0.2, -0.15) is 0 Å². The molecule has 1 atom stereocenters. The van der Waals surface area contributed by atoms with Crippen LogP contribution in [0, 0.1) is 0 Å². The Morgan fingerprint density at radius 2 is 1.47 bits per heavy atom. The average molecular weight is 702 g/mol. The summed E-state index contributed by atoms with van der Waals surface area (Å²) in [7, 11) is -4.25. The molecule has 4 aromatic carbocycles. The van der Waals surface area contributed by atoms with Crippen molar-refractivity contribution in [3.05, 3.63) is 119 Å². The van der Waals surface area contributed by atoms with Crippen LogP contribution in [0.2, 0.25) is 5.02 Å². The second-order valence-corrected chi connectivity index (χ2v) is 14.7. The number of hydrogen-bond donors (Lipinski definition) is 1. The van der Waals surface area contributed by atoms with Crippen LogP contribution in [-0.2, 0) is 32.6 Å². The first-order chi connectivity index (χ1) is 23.8. The van der Waals surface area contributed by atoms with Gasteiger partial charge in [0.1, 0.15) is 25.8 Å². The molecule has 2 aliphatic rings. The summed E-state index contributed by atoms with van der Waals surface area (Å²) in [6.07, 6.45) is 5.17. The summed E-state index contributed by atoms with van der Waals surface area (Å²) in [6, 6.07) is 28.5. The molecule has 2 amide bonds. The van der Waals surface area contributed by atoms with Crippen LogP contribution in [0.4, 0.5) is 5.69 Å². The average Bonchev–Trinajstić information content (AvgIpc) is 3.13. The molecule has 1 saturated carbocycles. The van der Waals surface area contributed by atoms with E-state index in [0.717, 1.165) is 42.0 Å². The number of rotatable bonds is 12. The minimum Gasteiger partial charge on any atom is -0.486 e. The number of amides is 2. The smallest absolute Gasteiger partial charge is 0.264 e. The second kappa shape index (κ2) is 15.8. The Bertz CT molecular complexity index is 1850. The summed E-state index contributed by atoms with van der Waals surface area (Å²) < 4.78 is 41.1. The van der Waals surface area contributed by atoms with Crippen molar-refractivity contribution in [3.8, 4) is 11.5 Å². The number of sulfonamides is 1. The van der Waals surface area contributed by atoms with E-state index in [1.165, 1.54) is 17.0 Å². The fourth-order valence-corrected chi connectivity index (χ4v) is 8.01. The summed E-state index contributed by atoms with van der Waals surface area (Å²) in [5, 5.41) is 3.71. The van der Waals surface area contributed by atoms with Crippen LogP contribution in [0.5, 0.6) is 11.5 Å². The summed E-state index contributed by atoms with van der Waals surface area (Å²) >= 11 is 6.37. The highest BCUT2D eigenvalue weighted by molar-refractivity contribution is 7.92. The Balaban J connectivity index is 1.40. The van der Waals surface area contributed by atoms with E-state index in [2.05, 4.69) is 5.32 Å². The van der Waals surface area contributed by atoms with Crippen molar-refractivity contribution >= 4 is 39.1 Å². The van der Waals surface area contributed by atoms with Crippen molar-refractivity contribution in [2.75, 3.05) is 24.1 Å². The van der Waals surface area contributed by atoms with Crippen molar-refractivity contribution in [1.29, 1.82) is 0 Å². The Labute approximate surface area is 292 Å². The van der Waals surface area contributed by atoms with Gasteiger partial charge in [0.15, 0.2) is 11.5 Å². The molecule has 1 aliphatic heterocycles. The maximum Gasteiger partial charge on any atom is 0.264 e.